The second-order valence-electron chi connectivity index (χ2n) is 20.8. The lowest BCUT2D eigenvalue weighted by atomic mass is 9.84. The van der Waals surface area contributed by atoms with Crippen LogP contribution in [0, 0.1) is 5.92 Å². The largest absolute Gasteiger partial charge is 0.332 e. The highest BCUT2D eigenvalue weighted by atomic mass is 15.2. The van der Waals surface area contributed by atoms with Gasteiger partial charge in [-0.15, -0.1) is 0 Å². The summed E-state index contributed by atoms with van der Waals surface area (Å²) in [5.74, 6) is 2.17. The minimum atomic E-state index is -0.406. The van der Waals surface area contributed by atoms with E-state index in [2.05, 4.69) is 266 Å². The summed E-state index contributed by atoms with van der Waals surface area (Å²) in [5, 5.41) is 2.24. The Hall–Kier alpha value is -9.71. The van der Waals surface area contributed by atoms with Crippen LogP contribution in [0.2, 0.25) is 0 Å². The number of benzene rings is 9. The number of aromatic nitrogens is 4. The zero-order valence-electron chi connectivity index (χ0n) is 43.8. The zero-order valence-corrected chi connectivity index (χ0v) is 43.8. The number of rotatable bonds is 12. The number of allylic oxidation sites excluding steroid dienone is 7. The van der Waals surface area contributed by atoms with Gasteiger partial charge < -0.3 is 4.90 Å². The number of para-hydroxylation sites is 1. The number of nitrogens with zero attached hydrogens (tertiary/aromatic N) is 5. The highest BCUT2D eigenvalue weighted by Crippen LogP contribution is 2.45. The first-order valence-corrected chi connectivity index (χ1v) is 27.0. The molecule has 0 saturated heterocycles. The van der Waals surface area contributed by atoms with Crippen molar-refractivity contribution in [3.05, 3.63) is 290 Å². The van der Waals surface area contributed by atoms with Gasteiger partial charge in [0.2, 0.25) is 5.95 Å². The molecule has 0 aliphatic heterocycles. The van der Waals surface area contributed by atoms with E-state index < -0.39 is 5.54 Å². The highest BCUT2D eigenvalue weighted by molar-refractivity contribution is 6.10. The highest BCUT2D eigenvalue weighted by Gasteiger charge is 2.32. The SMILES string of the molecule is CC1C=CC=C(C(=Cc2cccc(-c3ccccc3)c2)c2cc(-c3ccc4c5ccccc5n(-c5nc(-c6ccccc6)nc(-c6ccccc6)n5)c4c3)cc(N(c3cccc(-c4ccccc4)c3)C3(C)C=CC=CC3)c2)C1. The summed E-state index contributed by atoms with van der Waals surface area (Å²) in [7, 11) is 0. The Kier molecular flexibility index (Phi) is 12.8. The molecule has 2 aromatic heterocycles. The molecule has 2 aliphatic carbocycles. The fourth-order valence-electron chi connectivity index (χ4n) is 11.4. The average molecular weight is 1000 g/mol. The van der Waals surface area contributed by atoms with Gasteiger partial charge in [0, 0.05) is 33.3 Å². The molecule has 0 saturated carbocycles. The zero-order chi connectivity index (χ0) is 52.4. The van der Waals surface area contributed by atoms with E-state index in [1.807, 2.05) is 36.4 Å². The van der Waals surface area contributed by atoms with Gasteiger partial charge in [0.1, 0.15) is 0 Å². The van der Waals surface area contributed by atoms with Gasteiger partial charge in [0.25, 0.3) is 0 Å². The van der Waals surface area contributed by atoms with Gasteiger partial charge in [0.05, 0.1) is 16.6 Å². The lowest BCUT2D eigenvalue weighted by molar-refractivity contribution is 0.570. The third-order valence-corrected chi connectivity index (χ3v) is 15.3. The standard InChI is InChI=1S/C73H57N5/c1-51-23-20-35-60(43-51)67(45-52-24-21-33-57(44-52)53-25-8-3-9-26-53)62-46-61(48-64(49-62)78(73(2)41-18-7-19-42-73)63-36-22-34-58(47-63)54-27-10-4-11-28-54)59-39-40-66-65-37-16-17-38-68(65)77(69(66)50-59)72-75-70(55-29-12-5-13-30-55)74-71(76-72)56-31-14-6-15-32-56/h3-41,44-51H,42-43H2,1-2H3. The maximum Gasteiger partial charge on any atom is 0.238 e. The van der Waals surface area contributed by atoms with Crippen molar-refractivity contribution in [3.8, 4) is 62.1 Å². The monoisotopic (exact) mass is 1000 g/mol. The quantitative estimate of drug-likeness (QED) is 0.114. The Morgan fingerprint density at radius 3 is 1.76 bits per heavy atom. The maximum atomic E-state index is 5.30. The molecule has 13 rings (SSSR count). The molecule has 5 nitrogen and oxygen atoms in total. The number of anilines is 2. The Morgan fingerprint density at radius 1 is 0.500 bits per heavy atom. The van der Waals surface area contributed by atoms with Gasteiger partial charge in [-0.1, -0.05) is 231 Å². The maximum absolute atomic E-state index is 5.30. The lowest BCUT2D eigenvalue weighted by Gasteiger charge is -2.42. The van der Waals surface area contributed by atoms with Crippen molar-refractivity contribution >= 4 is 44.8 Å². The van der Waals surface area contributed by atoms with E-state index in [-0.39, 0.29) is 0 Å². The van der Waals surface area contributed by atoms with Gasteiger partial charge in [-0.05, 0) is 136 Å². The molecule has 0 bridgehead atoms. The van der Waals surface area contributed by atoms with Crippen LogP contribution in [-0.2, 0) is 0 Å². The molecule has 78 heavy (non-hydrogen) atoms. The van der Waals surface area contributed by atoms with Crippen LogP contribution in [-0.4, -0.2) is 25.1 Å². The summed E-state index contributed by atoms with van der Waals surface area (Å²) in [4.78, 5) is 18.2. The normalized spacial score (nSPS) is 16.2. The van der Waals surface area contributed by atoms with E-state index in [1.165, 1.54) is 33.4 Å². The van der Waals surface area contributed by atoms with E-state index in [4.69, 9.17) is 15.0 Å². The second-order valence-corrected chi connectivity index (χ2v) is 20.8. The van der Waals surface area contributed by atoms with E-state index in [1.54, 1.807) is 0 Å². The summed E-state index contributed by atoms with van der Waals surface area (Å²) < 4.78 is 2.23. The van der Waals surface area contributed by atoms with Gasteiger partial charge in [0.15, 0.2) is 11.6 Å². The summed E-state index contributed by atoms with van der Waals surface area (Å²) in [6.45, 7) is 4.68. The molecule has 2 atom stereocenters. The van der Waals surface area contributed by atoms with Gasteiger partial charge in [-0.25, -0.2) is 4.98 Å². The summed E-state index contributed by atoms with van der Waals surface area (Å²) in [6.07, 6.45) is 20.1. The van der Waals surface area contributed by atoms with E-state index >= 15 is 0 Å². The van der Waals surface area contributed by atoms with Crippen molar-refractivity contribution in [2.24, 2.45) is 5.92 Å². The Morgan fingerprint density at radius 2 is 1.09 bits per heavy atom. The fraction of sp³-hybridized carbons (Fsp3) is 0.0822. The Balaban J connectivity index is 1.06. The van der Waals surface area contributed by atoms with E-state index in [0.29, 0.717) is 23.5 Å². The molecule has 2 unspecified atom stereocenters. The van der Waals surface area contributed by atoms with Gasteiger partial charge in [-0.3, -0.25) is 4.57 Å². The predicted molar refractivity (Wildman–Crippen MR) is 327 cm³/mol. The second kappa shape index (κ2) is 20.8. The Bertz CT molecular complexity index is 4110. The van der Waals surface area contributed by atoms with Crippen LogP contribution in [0.15, 0.2) is 279 Å². The molecule has 11 aromatic rings. The van der Waals surface area contributed by atoms with E-state index in [0.717, 1.165) is 79.4 Å². The molecule has 0 fully saturated rings. The van der Waals surface area contributed by atoms with Crippen LogP contribution in [0.25, 0.3) is 95.6 Å². The van der Waals surface area contributed by atoms with Gasteiger partial charge in [-0.2, -0.15) is 9.97 Å². The molecular formula is C73H57N5. The Labute approximate surface area is 456 Å². The molecule has 0 N–H and O–H groups in total. The summed E-state index contributed by atoms with van der Waals surface area (Å²) >= 11 is 0. The van der Waals surface area contributed by atoms with Crippen molar-refractivity contribution in [1.29, 1.82) is 0 Å². The molecular weight excluding hydrogens is 947 g/mol. The fourth-order valence-corrected chi connectivity index (χ4v) is 11.4. The molecule has 2 heterocycles. The number of hydrogen-bond acceptors (Lipinski definition) is 4. The molecule has 2 aliphatic rings. The first kappa shape index (κ1) is 48.0. The van der Waals surface area contributed by atoms with Crippen molar-refractivity contribution in [3.63, 3.8) is 0 Å². The minimum Gasteiger partial charge on any atom is -0.332 e. The van der Waals surface area contributed by atoms with Crippen LogP contribution < -0.4 is 4.90 Å². The van der Waals surface area contributed by atoms with Crippen molar-refractivity contribution in [2.75, 3.05) is 4.90 Å². The molecule has 0 spiro atoms. The number of hydrogen-bond donors (Lipinski definition) is 0. The van der Waals surface area contributed by atoms with Gasteiger partial charge >= 0.3 is 0 Å². The first-order valence-electron chi connectivity index (χ1n) is 27.0. The molecule has 0 radical (unpaired) electrons. The van der Waals surface area contributed by atoms with Crippen molar-refractivity contribution < 1.29 is 0 Å². The molecule has 9 aromatic carbocycles. The summed E-state index contributed by atoms with van der Waals surface area (Å²) in [6, 6.07) is 82.6. The van der Waals surface area contributed by atoms with Crippen molar-refractivity contribution in [1.82, 2.24) is 19.5 Å². The average Bonchev–Trinajstić information content (AvgIpc) is 3.94. The first-order chi connectivity index (χ1) is 38.4. The van der Waals surface area contributed by atoms with Crippen molar-refractivity contribution in [2.45, 2.75) is 32.2 Å². The smallest absolute Gasteiger partial charge is 0.238 e. The van der Waals surface area contributed by atoms with Crippen LogP contribution >= 0.6 is 0 Å². The third-order valence-electron chi connectivity index (χ3n) is 15.3. The van der Waals surface area contributed by atoms with Crippen LogP contribution in [0.4, 0.5) is 11.4 Å². The summed E-state index contributed by atoms with van der Waals surface area (Å²) in [5.41, 5.74) is 17.4. The topological polar surface area (TPSA) is 46.8 Å². The molecule has 374 valence electrons. The third kappa shape index (κ3) is 9.52. The molecule has 5 heteroatoms. The van der Waals surface area contributed by atoms with Crippen LogP contribution in [0.5, 0.6) is 0 Å². The molecule has 0 amide bonds. The minimum absolute atomic E-state index is 0.381. The van der Waals surface area contributed by atoms with E-state index in [9.17, 15) is 0 Å². The predicted octanol–water partition coefficient (Wildman–Crippen LogP) is 18.8. The number of fused-ring (bicyclic) bond motifs is 3. The van der Waals surface area contributed by atoms with Crippen LogP contribution in [0.3, 0.4) is 0 Å². The van der Waals surface area contributed by atoms with Crippen LogP contribution in [0.1, 0.15) is 37.8 Å². The lowest BCUT2D eigenvalue weighted by Crippen LogP contribution is -2.42.